The van der Waals surface area contributed by atoms with Crippen LogP contribution in [0.3, 0.4) is 0 Å². The number of anilines is 3. The molecule has 0 saturated heterocycles. The largest absolute Gasteiger partial charge is 0.463 e. The second kappa shape index (κ2) is 12.0. The van der Waals surface area contributed by atoms with Gasteiger partial charge in [0.25, 0.3) is 0 Å². The molecule has 12 nitrogen and oxygen atoms in total. The van der Waals surface area contributed by atoms with Crippen LogP contribution in [0.15, 0.2) is 47.4 Å². The Morgan fingerprint density at radius 1 is 1.11 bits per heavy atom. The Morgan fingerprint density at radius 3 is 2.55 bits per heavy atom. The number of fused-ring (bicyclic) bond motifs is 1. The van der Waals surface area contributed by atoms with Gasteiger partial charge in [0.1, 0.15) is 21.2 Å². The van der Waals surface area contributed by atoms with E-state index in [0.717, 1.165) is 29.7 Å². The number of benzene rings is 1. The highest BCUT2D eigenvalue weighted by molar-refractivity contribution is 7.90. The predicted molar refractivity (Wildman–Crippen MR) is 147 cm³/mol. The van der Waals surface area contributed by atoms with Gasteiger partial charge in [-0.1, -0.05) is 31.5 Å². The highest BCUT2D eigenvalue weighted by atomic mass is 32.2. The monoisotopic (exact) mass is 540 g/mol. The molecule has 0 saturated carbocycles. The topological polar surface area (TPSA) is 170 Å². The number of unbranched alkanes of at least 4 members (excludes halogenated alkanes) is 1. The van der Waals surface area contributed by atoms with Crippen LogP contribution in [0.5, 0.6) is 6.01 Å². The van der Waals surface area contributed by atoms with Crippen molar-refractivity contribution in [1.29, 1.82) is 0 Å². The fourth-order valence-electron chi connectivity index (χ4n) is 3.67. The van der Waals surface area contributed by atoms with Crippen molar-refractivity contribution >= 4 is 38.3 Å². The first-order valence-electron chi connectivity index (χ1n) is 12.3. The highest BCUT2D eigenvalue weighted by Crippen LogP contribution is 2.20. The summed E-state index contributed by atoms with van der Waals surface area (Å²) >= 11 is 0. The van der Waals surface area contributed by atoms with Gasteiger partial charge in [-0.25, -0.2) is 18.2 Å². The summed E-state index contributed by atoms with van der Waals surface area (Å²) in [4.78, 5) is 28.3. The third kappa shape index (κ3) is 7.29. The van der Waals surface area contributed by atoms with Crippen LogP contribution in [0.25, 0.3) is 11.2 Å². The number of pyridine rings is 1. The molecule has 13 heteroatoms. The van der Waals surface area contributed by atoms with Gasteiger partial charge < -0.3 is 26.1 Å². The van der Waals surface area contributed by atoms with E-state index in [1.165, 1.54) is 10.8 Å². The lowest BCUT2D eigenvalue weighted by Gasteiger charge is -2.09. The quantitative estimate of drug-likeness (QED) is 0.184. The number of rotatable bonds is 13. The van der Waals surface area contributed by atoms with Crippen molar-refractivity contribution in [2.75, 3.05) is 36.2 Å². The standard InChI is InChI=1S/C25H32N8O4S/c1-3-4-12-37-24-31-22(26)21-23(32-24)33(25(34)30-21)16-18-7-10-20(28-15-18)29-19-8-5-17(6-9-19)14-27-11-13-38(2,35)36/h5-10,15,27H,3-4,11-14,16H2,1-2H3,(H,28,29)(H,30,34)(H2,26,31,32). The molecule has 0 aliphatic carbocycles. The zero-order valence-electron chi connectivity index (χ0n) is 21.4. The first-order valence-corrected chi connectivity index (χ1v) is 14.4. The smallest absolute Gasteiger partial charge is 0.328 e. The molecule has 0 spiro atoms. The molecule has 0 unspecified atom stereocenters. The maximum atomic E-state index is 12.6. The van der Waals surface area contributed by atoms with Gasteiger partial charge in [0.2, 0.25) is 0 Å². The molecule has 3 heterocycles. The van der Waals surface area contributed by atoms with E-state index in [0.29, 0.717) is 36.7 Å². The molecule has 0 aliphatic rings. The molecule has 1 aromatic carbocycles. The minimum Gasteiger partial charge on any atom is -0.463 e. The molecule has 0 bridgehead atoms. The number of aromatic amines is 1. The Bertz CT molecular complexity index is 1530. The number of aromatic nitrogens is 5. The molecule has 0 amide bonds. The van der Waals surface area contributed by atoms with Crippen molar-refractivity contribution in [2.24, 2.45) is 0 Å². The van der Waals surface area contributed by atoms with Gasteiger partial charge in [0.05, 0.1) is 18.9 Å². The van der Waals surface area contributed by atoms with Crippen molar-refractivity contribution in [3.8, 4) is 6.01 Å². The van der Waals surface area contributed by atoms with Crippen LogP contribution in [-0.4, -0.2) is 58.1 Å². The van der Waals surface area contributed by atoms with E-state index in [1.807, 2.05) is 36.4 Å². The van der Waals surface area contributed by atoms with Crippen LogP contribution >= 0.6 is 0 Å². The third-order valence-electron chi connectivity index (χ3n) is 5.73. The van der Waals surface area contributed by atoms with Crippen molar-refractivity contribution in [1.82, 2.24) is 29.8 Å². The highest BCUT2D eigenvalue weighted by Gasteiger charge is 2.15. The molecule has 0 radical (unpaired) electrons. The zero-order valence-corrected chi connectivity index (χ0v) is 22.2. The number of hydrogen-bond acceptors (Lipinski definition) is 10. The van der Waals surface area contributed by atoms with E-state index < -0.39 is 9.84 Å². The number of hydrogen-bond donors (Lipinski definition) is 4. The van der Waals surface area contributed by atoms with E-state index in [4.69, 9.17) is 10.5 Å². The lowest BCUT2D eigenvalue weighted by Crippen LogP contribution is -2.21. The van der Waals surface area contributed by atoms with Crippen molar-refractivity contribution in [3.05, 3.63) is 64.2 Å². The summed E-state index contributed by atoms with van der Waals surface area (Å²) in [6, 6.07) is 11.6. The predicted octanol–water partition coefficient (Wildman–Crippen LogP) is 2.20. The molecule has 5 N–H and O–H groups in total. The summed E-state index contributed by atoms with van der Waals surface area (Å²) in [5.74, 6) is 0.919. The van der Waals surface area contributed by atoms with Gasteiger partial charge >= 0.3 is 11.7 Å². The Hall–Kier alpha value is -3.97. The van der Waals surface area contributed by atoms with Gasteiger partial charge in [-0.05, 0) is 35.7 Å². The summed E-state index contributed by atoms with van der Waals surface area (Å²) in [5.41, 5.74) is 9.14. The van der Waals surface area contributed by atoms with Crippen LogP contribution in [-0.2, 0) is 22.9 Å². The molecule has 0 fully saturated rings. The lowest BCUT2D eigenvalue weighted by atomic mass is 10.2. The van der Waals surface area contributed by atoms with Gasteiger partial charge in [0.15, 0.2) is 11.5 Å². The molecular weight excluding hydrogens is 508 g/mol. The number of sulfone groups is 1. The molecule has 0 aliphatic heterocycles. The molecule has 202 valence electrons. The second-order valence-corrected chi connectivity index (χ2v) is 11.2. The maximum Gasteiger partial charge on any atom is 0.328 e. The van der Waals surface area contributed by atoms with E-state index >= 15 is 0 Å². The van der Waals surface area contributed by atoms with E-state index in [1.54, 1.807) is 6.20 Å². The minimum atomic E-state index is -2.97. The first-order chi connectivity index (χ1) is 18.2. The fourth-order valence-corrected chi connectivity index (χ4v) is 4.18. The van der Waals surface area contributed by atoms with Crippen LogP contribution in [0.2, 0.25) is 0 Å². The molecule has 3 aromatic heterocycles. The number of nitrogen functional groups attached to an aromatic ring is 1. The number of nitrogens with one attached hydrogen (secondary N) is 3. The normalized spacial score (nSPS) is 11.6. The molecule has 0 atom stereocenters. The molecule has 4 rings (SSSR count). The summed E-state index contributed by atoms with van der Waals surface area (Å²) in [6.45, 7) is 3.77. The van der Waals surface area contributed by atoms with Gasteiger partial charge in [0, 0.05) is 31.2 Å². The fraction of sp³-hybridized carbons (Fsp3) is 0.360. The van der Waals surface area contributed by atoms with Crippen LogP contribution in [0.1, 0.15) is 30.9 Å². The maximum absolute atomic E-state index is 12.6. The number of imidazole rings is 1. The average Bonchev–Trinajstić information content (AvgIpc) is 3.19. The Morgan fingerprint density at radius 2 is 1.87 bits per heavy atom. The first kappa shape index (κ1) is 27.1. The number of H-pyrrole nitrogens is 1. The Labute approximate surface area is 220 Å². The number of ether oxygens (including phenoxy) is 1. The van der Waals surface area contributed by atoms with Crippen molar-refractivity contribution in [2.45, 2.75) is 32.9 Å². The summed E-state index contributed by atoms with van der Waals surface area (Å²) in [5, 5.41) is 6.37. The number of nitrogens with two attached hydrogens (primary N) is 1. The molecular formula is C25H32N8O4S. The summed E-state index contributed by atoms with van der Waals surface area (Å²) in [6.07, 6.45) is 4.75. The third-order valence-corrected chi connectivity index (χ3v) is 6.68. The average molecular weight is 541 g/mol. The SMILES string of the molecule is CCCCOc1nc(N)c2[nH]c(=O)n(Cc3ccc(Nc4ccc(CNCCS(C)(=O)=O)cc4)nc3)c2n1. The van der Waals surface area contributed by atoms with Crippen molar-refractivity contribution in [3.63, 3.8) is 0 Å². The lowest BCUT2D eigenvalue weighted by molar-refractivity contribution is 0.286. The second-order valence-electron chi connectivity index (χ2n) is 8.99. The zero-order chi connectivity index (χ0) is 27.1. The van der Waals surface area contributed by atoms with E-state index in [-0.39, 0.29) is 29.8 Å². The number of nitrogens with zero attached hydrogens (tertiary/aromatic N) is 4. The van der Waals surface area contributed by atoms with Crippen LogP contribution < -0.4 is 26.8 Å². The Kier molecular flexibility index (Phi) is 8.59. The minimum absolute atomic E-state index is 0.111. The molecule has 4 aromatic rings. The van der Waals surface area contributed by atoms with E-state index in [9.17, 15) is 13.2 Å². The van der Waals surface area contributed by atoms with Crippen LogP contribution in [0.4, 0.5) is 17.3 Å². The van der Waals surface area contributed by atoms with Crippen molar-refractivity contribution < 1.29 is 13.2 Å². The van der Waals surface area contributed by atoms with E-state index in [2.05, 4.69) is 37.5 Å². The van der Waals surface area contributed by atoms with Gasteiger partial charge in [-0.15, -0.1) is 0 Å². The summed E-state index contributed by atoms with van der Waals surface area (Å²) < 4.78 is 29.5. The molecule has 38 heavy (non-hydrogen) atoms. The van der Waals surface area contributed by atoms with Gasteiger partial charge in [-0.3, -0.25) is 4.57 Å². The summed E-state index contributed by atoms with van der Waals surface area (Å²) in [7, 11) is -2.97. The van der Waals surface area contributed by atoms with Gasteiger partial charge in [-0.2, -0.15) is 9.97 Å². The Balaban J connectivity index is 1.39. The van der Waals surface area contributed by atoms with Crippen LogP contribution in [0, 0.1) is 0 Å².